The van der Waals surface area contributed by atoms with Crippen molar-refractivity contribution >= 4 is 45.9 Å². The molecule has 0 radical (unpaired) electrons. The van der Waals surface area contributed by atoms with Crippen LogP contribution < -0.4 is 15.0 Å². The topological polar surface area (TPSA) is 89.7 Å². The average molecular weight is 575 g/mol. The Balaban J connectivity index is 1.31. The van der Waals surface area contributed by atoms with E-state index in [1.807, 2.05) is 48.3 Å². The maximum absolute atomic E-state index is 13.5. The van der Waals surface area contributed by atoms with Crippen molar-refractivity contribution in [2.45, 2.75) is 20.0 Å². The first kappa shape index (κ1) is 27.9. The number of anilines is 3. The summed E-state index contributed by atoms with van der Waals surface area (Å²) in [6.07, 6.45) is 1.76. The van der Waals surface area contributed by atoms with Crippen LogP contribution >= 0.6 is 11.6 Å². The summed E-state index contributed by atoms with van der Waals surface area (Å²) < 4.78 is 30.3. The smallest absolute Gasteiger partial charge is 0.307 e. The Labute approximate surface area is 241 Å². The second kappa shape index (κ2) is 12.7. The Bertz CT molecular complexity index is 1680. The Morgan fingerprint density at radius 1 is 1.07 bits per heavy atom. The van der Waals surface area contributed by atoms with Crippen LogP contribution in [0.1, 0.15) is 18.9 Å². The minimum atomic E-state index is -0.317. The summed E-state index contributed by atoms with van der Waals surface area (Å²) in [7, 11) is 1.86. The molecule has 5 rings (SSSR count). The van der Waals surface area contributed by atoms with Crippen molar-refractivity contribution < 1.29 is 23.1 Å². The van der Waals surface area contributed by atoms with E-state index >= 15 is 0 Å². The molecule has 0 saturated carbocycles. The summed E-state index contributed by atoms with van der Waals surface area (Å²) in [6, 6.07) is 21.1. The number of carbonyl (C=O) groups excluding carboxylic acids is 1. The molecule has 2 aromatic heterocycles. The number of aromatic nitrogens is 2. The largest absolute Gasteiger partial charge is 0.487 e. The zero-order chi connectivity index (χ0) is 28.8. The van der Waals surface area contributed by atoms with Gasteiger partial charge in [0.2, 0.25) is 0 Å². The summed E-state index contributed by atoms with van der Waals surface area (Å²) in [5.74, 6) is 1.83. The molecule has 0 fully saturated rings. The van der Waals surface area contributed by atoms with Gasteiger partial charge in [-0.25, -0.2) is 14.4 Å². The van der Waals surface area contributed by atoms with Crippen LogP contribution in [-0.2, 0) is 16.1 Å². The molecule has 0 bridgehead atoms. The highest BCUT2D eigenvalue weighted by molar-refractivity contribution is 6.32. The number of fused-ring (bicyclic) bond motifs is 1. The third-order valence-corrected chi connectivity index (χ3v) is 6.62. The molecule has 10 heteroatoms. The van der Waals surface area contributed by atoms with Crippen molar-refractivity contribution in [3.8, 4) is 17.1 Å². The lowest BCUT2D eigenvalue weighted by Crippen LogP contribution is -2.21. The molecule has 2 heterocycles. The number of furan rings is 1. The molecule has 5 aromatic rings. The van der Waals surface area contributed by atoms with Crippen LogP contribution in [0.15, 0.2) is 83.5 Å². The van der Waals surface area contributed by atoms with Crippen molar-refractivity contribution in [1.82, 2.24) is 9.97 Å². The summed E-state index contributed by atoms with van der Waals surface area (Å²) in [4.78, 5) is 22.4. The Morgan fingerprint density at radius 2 is 1.95 bits per heavy atom. The number of benzene rings is 3. The molecule has 1 N–H and O–H groups in total. The van der Waals surface area contributed by atoms with Gasteiger partial charge in [-0.2, -0.15) is 0 Å². The van der Waals surface area contributed by atoms with E-state index in [2.05, 4.69) is 15.3 Å². The number of rotatable bonds is 11. The van der Waals surface area contributed by atoms with Crippen LogP contribution in [-0.4, -0.2) is 36.1 Å². The van der Waals surface area contributed by atoms with Gasteiger partial charge in [-0.3, -0.25) is 4.79 Å². The molecular formula is C31H28ClFN4O4. The van der Waals surface area contributed by atoms with E-state index in [1.165, 1.54) is 18.5 Å². The van der Waals surface area contributed by atoms with Crippen molar-refractivity contribution in [1.29, 1.82) is 0 Å². The van der Waals surface area contributed by atoms with Crippen molar-refractivity contribution in [2.75, 3.05) is 30.4 Å². The molecule has 0 spiro atoms. The van der Waals surface area contributed by atoms with Gasteiger partial charge in [0.1, 0.15) is 36.1 Å². The molecule has 0 amide bonds. The molecule has 0 aliphatic rings. The standard InChI is InChI=1S/C31H28ClFN4O4/c1-3-39-30(38)13-14-37(2)29-12-11-27(41-29)21-7-9-26-24(16-21)31(35-19-34-26)36-23-8-10-28(25(32)17-23)40-18-20-5-4-6-22(33)15-20/h4-12,15-17,19H,3,13-14,18H2,1-2H3,(H,34,35,36). The van der Waals surface area contributed by atoms with Gasteiger partial charge in [-0.05, 0) is 67.1 Å². The van der Waals surface area contributed by atoms with Gasteiger partial charge in [0.15, 0.2) is 5.88 Å². The Morgan fingerprint density at radius 3 is 2.76 bits per heavy atom. The van der Waals surface area contributed by atoms with Crippen LogP contribution in [0.25, 0.3) is 22.2 Å². The summed E-state index contributed by atoms with van der Waals surface area (Å²) in [5, 5.41) is 4.51. The molecule has 0 atom stereocenters. The lowest BCUT2D eigenvalue weighted by atomic mass is 10.1. The second-order valence-electron chi connectivity index (χ2n) is 9.26. The number of nitrogens with one attached hydrogen (secondary N) is 1. The fraction of sp³-hybridized carbons (Fsp3) is 0.194. The highest BCUT2D eigenvalue weighted by atomic mass is 35.5. The summed E-state index contributed by atoms with van der Waals surface area (Å²) in [6.45, 7) is 2.82. The molecule has 3 aromatic carbocycles. The van der Waals surface area contributed by atoms with Crippen LogP contribution in [0.2, 0.25) is 5.02 Å². The zero-order valence-corrected chi connectivity index (χ0v) is 23.3. The van der Waals surface area contributed by atoms with Gasteiger partial charge in [0.05, 0.1) is 23.6 Å². The van der Waals surface area contributed by atoms with Gasteiger partial charge in [0, 0.05) is 36.3 Å². The summed E-state index contributed by atoms with van der Waals surface area (Å²) in [5.41, 5.74) is 3.02. The fourth-order valence-corrected chi connectivity index (χ4v) is 4.46. The van der Waals surface area contributed by atoms with Crippen LogP contribution in [0.4, 0.5) is 21.8 Å². The van der Waals surface area contributed by atoms with Gasteiger partial charge < -0.3 is 24.1 Å². The molecule has 41 heavy (non-hydrogen) atoms. The number of esters is 1. The predicted molar refractivity (Wildman–Crippen MR) is 157 cm³/mol. The Kier molecular flexibility index (Phi) is 8.64. The van der Waals surface area contributed by atoms with Crippen LogP contribution in [0, 0.1) is 5.82 Å². The maximum Gasteiger partial charge on any atom is 0.307 e. The summed E-state index contributed by atoms with van der Waals surface area (Å²) >= 11 is 6.49. The van der Waals surface area contributed by atoms with E-state index in [0.29, 0.717) is 52.6 Å². The average Bonchev–Trinajstić information content (AvgIpc) is 3.46. The zero-order valence-electron chi connectivity index (χ0n) is 22.6. The van der Waals surface area contributed by atoms with E-state index in [1.54, 1.807) is 31.2 Å². The van der Waals surface area contributed by atoms with Crippen molar-refractivity contribution in [2.24, 2.45) is 0 Å². The first-order chi connectivity index (χ1) is 19.9. The monoisotopic (exact) mass is 574 g/mol. The molecule has 0 aliphatic heterocycles. The number of hydrogen-bond acceptors (Lipinski definition) is 8. The highest BCUT2D eigenvalue weighted by Crippen LogP contribution is 2.33. The molecular weight excluding hydrogens is 547 g/mol. The minimum absolute atomic E-state index is 0.194. The first-order valence-corrected chi connectivity index (χ1v) is 13.4. The Hall–Kier alpha value is -4.63. The molecule has 0 saturated heterocycles. The van der Waals surface area contributed by atoms with Gasteiger partial charge in [0.25, 0.3) is 0 Å². The fourth-order valence-electron chi connectivity index (χ4n) is 4.22. The normalized spacial score (nSPS) is 10.9. The second-order valence-corrected chi connectivity index (χ2v) is 9.66. The van der Waals surface area contributed by atoms with E-state index in [0.717, 1.165) is 16.5 Å². The van der Waals surface area contributed by atoms with Crippen LogP contribution in [0.3, 0.4) is 0 Å². The molecule has 0 aliphatic carbocycles. The lowest BCUT2D eigenvalue weighted by molar-refractivity contribution is -0.142. The van der Waals surface area contributed by atoms with Gasteiger partial charge >= 0.3 is 5.97 Å². The third-order valence-electron chi connectivity index (χ3n) is 6.32. The number of carbonyl (C=O) groups is 1. The van der Waals surface area contributed by atoms with E-state index in [-0.39, 0.29) is 24.8 Å². The number of ether oxygens (including phenoxy) is 2. The van der Waals surface area contributed by atoms with E-state index < -0.39 is 0 Å². The van der Waals surface area contributed by atoms with Gasteiger partial charge in [-0.1, -0.05) is 23.7 Å². The maximum atomic E-state index is 13.5. The minimum Gasteiger partial charge on any atom is -0.487 e. The highest BCUT2D eigenvalue weighted by Gasteiger charge is 2.13. The number of hydrogen-bond donors (Lipinski definition) is 1. The molecule has 0 unspecified atom stereocenters. The van der Waals surface area contributed by atoms with E-state index in [4.69, 9.17) is 25.5 Å². The van der Waals surface area contributed by atoms with Gasteiger partial charge in [-0.15, -0.1) is 0 Å². The predicted octanol–water partition coefficient (Wildman–Crippen LogP) is 7.39. The quantitative estimate of drug-likeness (QED) is 0.163. The van der Waals surface area contributed by atoms with Crippen LogP contribution in [0.5, 0.6) is 5.75 Å². The van der Waals surface area contributed by atoms with E-state index in [9.17, 15) is 9.18 Å². The third kappa shape index (κ3) is 6.93. The number of halogens is 2. The SMILES string of the molecule is CCOC(=O)CCN(C)c1ccc(-c2ccc3ncnc(Nc4ccc(OCc5cccc(F)c5)c(Cl)c4)c3c2)o1. The molecule has 210 valence electrons. The van der Waals surface area contributed by atoms with Crippen molar-refractivity contribution in [3.05, 3.63) is 95.5 Å². The number of nitrogens with zero attached hydrogens (tertiary/aromatic N) is 3. The van der Waals surface area contributed by atoms with Crippen molar-refractivity contribution in [3.63, 3.8) is 0 Å². The lowest BCUT2D eigenvalue weighted by Gasteiger charge is -2.15. The first-order valence-electron chi connectivity index (χ1n) is 13.0. The molecule has 8 nitrogen and oxygen atoms in total.